The van der Waals surface area contributed by atoms with Gasteiger partial charge in [-0.3, -0.25) is 0 Å². The van der Waals surface area contributed by atoms with E-state index in [1.165, 1.54) is 0 Å². The van der Waals surface area contributed by atoms with E-state index >= 15 is 0 Å². The molecule has 0 aromatic rings. The number of nitrogens with two attached hydrogens (primary N) is 1. The Morgan fingerprint density at radius 2 is 1.94 bits per heavy atom. The standard InChI is InChI=1S/C12H24N2O3S/c1-11(4-7-18(15,16)10-11)14-9-12(8-13)2-5-17-6-3-12/h14H,2-10,13H2,1H3. The van der Waals surface area contributed by atoms with Crippen molar-refractivity contribution in [1.29, 1.82) is 0 Å². The van der Waals surface area contributed by atoms with E-state index in [2.05, 4.69) is 5.32 Å². The quantitative estimate of drug-likeness (QED) is 0.750. The Balaban J connectivity index is 1.94. The molecule has 0 aromatic heterocycles. The van der Waals surface area contributed by atoms with Crippen molar-refractivity contribution >= 4 is 9.84 Å². The lowest BCUT2D eigenvalue weighted by Crippen LogP contribution is -2.52. The fourth-order valence-corrected chi connectivity index (χ4v) is 4.93. The molecule has 106 valence electrons. The first-order valence-electron chi connectivity index (χ1n) is 6.62. The smallest absolute Gasteiger partial charge is 0.152 e. The SMILES string of the molecule is CC1(NCC2(CN)CCOCC2)CCS(=O)(=O)C1. The van der Waals surface area contributed by atoms with Crippen molar-refractivity contribution in [3.63, 3.8) is 0 Å². The largest absolute Gasteiger partial charge is 0.381 e. The first kappa shape index (κ1) is 14.2. The van der Waals surface area contributed by atoms with Gasteiger partial charge in [-0.2, -0.15) is 0 Å². The summed E-state index contributed by atoms with van der Waals surface area (Å²) in [6.07, 6.45) is 2.62. The van der Waals surface area contributed by atoms with E-state index in [-0.39, 0.29) is 16.7 Å². The summed E-state index contributed by atoms with van der Waals surface area (Å²) in [5.41, 5.74) is 5.70. The zero-order valence-corrected chi connectivity index (χ0v) is 11.9. The third-order valence-electron chi connectivity index (χ3n) is 4.38. The van der Waals surface area contributed by atoms with Crippen LogP contribution in [0.2, 0.25) is 0 Å². The maximum absolute atomic E-state index is 11.6. The summed E-state index contributed by atoms with van der Waals surface area (Å²) in [4.78, 5) is 0. The number of ether oxygens (including phenoxy) is 1. The predicted octanol–water partition coefficient (Wildman–Crippen LogP) is -0.0913. The second kappa shape index (κ2) is 5.07. The van der Waals surface area contributed by atoms with Crippen LogP contribution in [0.15, 0.2) is 0 Å². The Morgan fingerprint density at radius 1 is 1.28 bits per heavy atom. The van der Waals surface area contributed by atoms with Crippen molar-refractivity contribution in [2.75, 3.05) is 37.8 Å². The lowest BCUT2D eigenvalue weighted by molar-refractivity contribution is 0.0162. The summed E-state index contributed by atoms with van der Waals surface area (Å²) in [6.45, 7) is 4.94. The summed E-state index contributed by atoms with van der Waals surface area (Å²) in [6, 6.07) is 0. The summed E-state index contributed by atoms with van der Waals surface area (Å²) in [5, 5.41) is 3.46. The minimum absolute atomic E-state index is 0.0770. The molecule has 0 saturated carbocycles. The van der Waals surface area contributed by atoms with Crippen LogP contribution in [0, 0.1) is 5.41 Å². The van der Waals surface area contributed by atoms with Crippen LogP contribution in [0.5, 0.6) is 0 Å². The molecule has 6 heteroatoms. The Bertz CT molecular complexity index is 390. The maximum atomic E-state index is 11.6. The topological polar surface area (TPSA) is 81.4 Å². The molecule has 0 aliphatic carbocycles. The highest BCUT2D eigenvalue weighted by Crippen LogP contribution is 2.30. The van der Waals surface area contributed by atoms with E-state index in [1.807, 2.05) is 6.92 Å². The van der Waals surface area contributed by atoms with Gasteiger partial charge in [0.2, 0.25) is 0 Å². The molecule has 0 amide bonds. The van der Waals surface area contributed by atoms with Gasteiger partial charge in [0.1, 0.15) is 0 Å². The number of sulfone groups is 1. The summed E-state index contributed by atoms with van der Waals surface area (Å²) in [7, 11) is -2.85. The lowest BCUT2D eigenvalue weighted by atomic mass is 9.79. The predicted molar refractivity (Wildman–Crippen MR) is 71.2 cm³/mol. The fourth-order valence-electron chi connectivity index (χ4n) is 2.81. The van der Waals surface area contributed by atoms with Crippen molar-refractivity contribution < 1.29 is 13.2 Å². The van der Waals surface area contributed by atoms with E-state index in [1.54, 1.807) is 0 Å². The molecule has 2 fully saturated rings. The van der Waals surface area contributed by atoms with Gasteiger partial charge in [0.05, 0.1) is 11.5 Å². The molecule has 2 aliphatic rings. The van der Waals surface area contributed by atoms with E-state index < -0.39 is 9.84 Å². The molecule has 0 aromatic carbocycles. The lowest BCUT2D eigenvalue weighted by Gasteiger charge is -2.39. The van der Waals surface area contributed by atoms with E-state index in [0.29, 0.717) is 18.7 Å². The second-order valence-electron chi connectivity index (χ2n) is 6.07. The Hall–Kier alpha value is -0.170. The van der Waals surface area contributed by atoms with Crippen LogP contribution in [0.4, 0.5) is 0 Å². The zero-order valence-electron chi connectivity index (χ0n) is 11.1. The van der Waals surface area contributed by atoms with Gasteiger partial charge in [-0.05, 0) is 38.1 Å². The number of nitrogens with one attached hydrogen (secondary N) is 1. The van der Waals surface area contributed by atoms with Gasteiger partial charge in [-0.1, -0.05) is 0 Å². The van der Waals surface area contributed by atoms with Crippen molar-refractivity contribution in [2.45, 2.75) is 31.7 Å². The first-order chi connectivity index (χ1) is 8.39. The normalized spacial score (nSPS) is 34.6. The average molecular weight is 276 g/mol. The van der Waals surface area contributed by atoms with Crippen molar-refractivity contribution in [1.82, 2.24) is 5.32 Å². The van der Waals surface area contributed by atoms with Gasteiger partial charge in [0, 0.05) is 25.3 Å². The van der Waals surface area contributed by atoms with Gasteiger partial charge in [0.15, 0.2) is 9.84 Å². The fraction of sp³-hybridized carbons (Fsp3) is 1.00. The van der Waals surface area contributed by atoms with Crippen LogP contribution in [-0.4, -0.2) is 51.8 Å². The minimum atomic E-state index is -2.85. The third kappa shape index (κ3) is 3.23. The van der Waals surface area contributed by atoms with Gasteiger partial charge < -0.3 is 15.8 Å². The number of rotatable bonds is 4. The molecule has 5 nitrogen and oxygen atoms in total. The van der Waals surface area contributed by atoms with Crippen molar-refractivity contribution in [2.24, 2.45) is 11.1 Å². The summed E-state index contributed by atoms with van der Waals surface area (Å²) >= 11 is 0. The Labute approximate surface area is 109 Å². The van der Waals surface area contributed by atoms with Crippen LogP contribution in [0.25, 0.3) is 0 Å². The highest BCUT2D eigenvalue weighted by atomic mass is 32.2. The highest BCUT2D eigenvalue weighted by molar-refractivity contribution is 7.91. The maximum Gasteiger partial charge on any atom is 0.152 e. The van der Waals surface area contributed by atoms with Crippen molar-refractivity contribution in [3.05, 3.63) is 0 Å². The van der Waals surface area contributed by atoms with Gasteiger partial charge in [-0.25, -0.2) is 8.42 Å². The molecule has 3 N–H and O–H groups in total. The van der Waals surface area contributed by atoms with Crippen LogP contribution in [0.3, 0.4) is 0 Å². The molecule has 2 aliphatic heterocycles. The molecule has 0 radical (unpaired) electrons. The molecular weight excluding hydrogens is 252 g/mol. The first-order valence-corrected chi connectivity index (χ1v) is 8.44. The Kier molecular flexibility index (Phi) is 4.02. The molecule has 1 unspecified atom stereocenters. The van der Waals surface area contributed by atoms with Crippen LogP contribution >= 0.6 is 0 Å². The summed E-state index contributed by atoms with van der Waals surface area (Å²) < 4.78 is 28.5. The molecule has 0 spiro atoms. The van der Waals surface area contributed by atoms with Crippen molar-refractivity contribution in [3.8, 4) is 0 Å². The van der Waals surface area contributed by atoms with Crippen LogP contribution in [-0.2, 0) is 14.6 Å². The van der Waals surface area contributed by atoms with E-state index in [4.69, 9.17) is 10.5 Å². The molecular formula is C12H24N2O3S. The monoisotopic (exact) mass is 276 g/mol. The van der Waals surface area contributed by atoms with Crippen LogP contribution in [0.1, 0.15) is 26.2 Å². The highest BCUT2D eigenvalue weighted by Gasteiger charge is 2.40. The third-order valence-corrected chi connectivity index (χ3v) is 6.28. The molecule has 2 saturated heterocycles. The van der Waals surface area contributed by atoms with E-state index in [9.17, 15) is 8.42 Å². The molecule has 18 heavy (non-hydrogen) atoms. The van der Waals surface area contributed by atoms with Gasteiger partial charge in [0.25, 0.3) is 0 Å². The van der Waals surface area contributed by atoms with Crippen LogP contribution < -0.4 is 11.1 Å². The van der Waals surface area contributed by atoms with Gasteiger partial charge >= 0.3 is 0 Å². The molecule has 2 heterocycles. The minimum Gasteiger partial charge on any atom is -0.381 e. The Morgan fingerprint density at radius 3 is 2.44 bits per heavy atom. The average Bonchev–Trinajstić information content (AvgIpc) is 2.63. The van der Waals surface area contributed by atoms with E-state index in [0.717, 1.165) is 32.6 Å². The zero-order chi connectivity index (χ0) is 13.3. The second-order valence-corrected chi connectivity index (χ2v) is 8.26. The molecule has 2 rings (SSSR count). The molecule has 1 atom stereocenters. The van der Waals surface area contributed by atoms with Gasteiger partial charge in [-0.15, -0.1) is 0 Å². The summed E-state index contributed by atoms with van der Waals surface area (Å²) in [5.74, 6) is 0.548. The molecule has 0 bridgehead atoms. The number of hydrogen-bond donors (Lipinski definition) is 2. The number of hydrogen-bond acceptors (Lipinski definition) is 5.